The van der Waals surface area contributed by atoms with Crippen molar-refractivity contribution in [1.82, 2.24) is 0 Å². The van der Waals surface area contributed by atoms with E-state index in [2.05, 4.69) is 0 Å². The molecule has 0 atom stereocenters. The van der Waals surface area contributed by atoms with Gasteiger partial charge >= 0.3 is 11.9 Å². The molecule has 0 spiro atoms. The second-order valence-corrected chi connectivity index (χ2v) is 5.38. The van der Waals surface area contributed by atoms with Crippen LogP contribution in [0.5, 0.6) is 23.0 Å². The van der Waals surface area contributed by atoms with Gasteiger partial charge < -0.3 is 19.7 Å². The quantitative estimate of drug-likeness (QED) is 0.491. The largest absolute Gasteiger partial charge is 0.507 e. The van der Waals surface area contributed by atoms with Crippen molar-refractivity contribution in [3.8, 4) is 23.0 Å². The fourth-order valence-electron chi connectivity index (χ4n) is 1.81. The molecule has 6 nitrogen and oxygen atoms in total. The average Bonchev–Trinajstić information content (AvgIpc) is 2.21. The third-order valence-corrected chi connectivity index (χ3v) is 2.45. The smallest absolute Gasteiger partial charge is 0.308 e. The Kier molecular flexibility index (Phi) is 4.27. The monoisotopic (exact) mass is 282 g/mol. The number of carbonyl (C=O) groups excluding carboxylic acids is 2. The van der Waals surface area contributed by atoms with E-state index in [0.717, 1.165) is 13.0 Å². The van der Waals surface area contributed by atoms with Crippen LogP contribution in [0.15, 0.2) is 6.07 Å². The maximum absolute atomic E-state index is 11.2. The molecule has 1 aromatic rings. The number of phenolic OH excluding ortho intramolecular Hbond substituents is 2. The standard InChI is InChI=1S/C14H18O6/c1-7(15)19-10-6-9(17)11(14(3,4)5)13(12(10)18)20-8(2)16/h6,17-18H,1-5H3. The molecule has 1 rings (SSSR count). The number of phenols is 2. The molecule has 0 aromatic heterocycles. The molecule has 0 aliphatic carbocycles. The second kappa shape index (κ2) is 5.40. The van der Waals surface area contributed by atoms with E-state index in [0.29, 0.717) is 0 Å². The SMILES string of the molecule is CC(=O)Oc1cc(O)c(C(C)(C)C)c(OC(C)=O)c1O. The highest BCUT2D eigenvalue weighted by atomic mass is 16.6. The Balaban J connectivity index is 3.57. The summed E-state index contributed by atoms with van der Waals surface area (Å²) in [5.41, 5.74) is -0.345. The zero-order chi connectivity index (χ0) is 15.7. The molecule has 0 radical (unpaired) electrons. The van der Waals surface area contributed by atoms with Gasteiger partial charge in [0.05, 0.1) is 0 Å². The van der Waals surface area contributed by atoms with E-state index in [1.54, 1.807) is 20.8 Å². The maximum Gasteiger partial charge on any atom is 0.308 e. The van der Waals surface area contributed by atoms with Crippen LogP contribution in [0.2, 0.25) is 0 Å². The van der Waals surface area contributed by atoms with Crippen LogP contribution in [0, 0.1) is 0 Å². The molecule has 2 N–H and O–H groups in total. The van der Waals surface area contributed by atoms with Gasteiger partial charge in [0.25, 0.3) is 0 Å². The Labute approximate surface area is 116 Å². The Morgan fingerprint density at radius 1 is 1.05 bits per heavy atom. The molecule has 0 amide bonds. The van der Waals surface area contributed by atoms with Gasteiger partial charge in [0.2, 0.25) is 5.75 Å². The van der Waals surface area contributed by atoms with Gasteiger partial charge in [-0.05, 0) is 5.41 Å². The first-order valence-electron chi connectivity index (χ1n) is 6.00. The Bertz CT molecular complexity index is 554. The van der Waals surface area contributed by atoms with Crippen LogP contribution in [-0.2, 0) is 15.0 Å². The fraction of sp³-hybridized carbons (Fsp3) is 0.429. The molecular formula is C14H18O6. The Hall–Kier alpha value is -2.24. The summed E-state index contributed by atoms with van der Waals surface area (Å²) in [7, 11) is 0. The molecule has 0 aliphatic heterocycles. The zero-order valence-electron chi connectivity index (χ0n) is 12.1. The Morgan fingerprint density at radius 3 is 1.95 bits per heavy atom. The summed E-state index contributed by atoms with van der Waals surface area (Å²) in [6.07, 6.45) is 0. The van der Waals surface area contributed by atoms with Crippen LogP contribution in [0.1, 0.15) is 40.2 Å². The highest BCUT2D eigenvalue weighted by Crippen LogP contribution is 2.49. The lowest BCUT2D eigenvalue weighted by atomic mass is 9.85. The fourth-order valence-corrected chi connectivity index (χ4v) is 1.81. The molecule has 6 heteroatoms. The minimum Gasteiger partial charge on any atom is -0.507 e. The number of rotatable bonds is 2. The second-order valence-electron chi connectivity index (χ2n) is 5.38. The van der Waals surface area contributed by atoms with E-state index < -0.39 is 23.1 Å². The van der Waals surface area contributed by atoms with E-state index in [1.165, 1.54) is 6.92 Å². The van der Waals surface area contributed by atoms with Crippen LogP contribution in [0.3, 0.4) is 0 Å². The number of ether oxygens (including phenoxy) is 2. The topological polar surface area (TPSA) is 93.1 Å². The van der Waals surface area contributed by atoms with Crippen LogP contribution >= 0.6 is 0 Å². The van der Waals surface area contributed by atoms with Crippen molar-refractivity contribution in [2.45, 2.75) is 40.0 Å². The van der Waals surface area contributed by atoms with Crippen molar-refractivity contribution in [1.29, 1.82) is 0 Å². The van der Waals surface area contributed by atoms with Crippen LogP contribution in [-0.4, -0.2) is 22.2 Å². The van der Waals surface area contributed by atoms with E-state index in [1.807, 2.05) is 0 Å². The summed E-state index contributed by atoms with van der Waals surface area (Å²) in [6, 6.07) is 1.12. The van der Waals surface area contributed by atoms with E-state index in [-0.39, 0.29) is 22.8 Å². The summed E-state index contributed by atoms with van der Waals surface area (Å²) in [5.74, 6) is -2.54. The van der Waals surface area contributed by atoms with Gasteiger partial charge in [-0.1, -0.05) is 20.8 Å². The summed E-state index contributed by atoms with van der Waals surface area (Å²) in [6.45, 7) is 7.65. The predicted molar refractivity (Wildman–Crippen MR) is 71.1 cm³/mol. The number of hydrogen-bond donors (Lipinski definition) is 2. The van der Waals surface area contributed by atoms with Gasteiger partial charge in [0.1, 0.15) is 5.75 Å². The third-order valence-electron chi connectivity index (χ3n) is 2.45. The normalized spacial score (nSPS) is 11.1. The van der Waals surface area contributed by atoms with E-state index in [9.17, 15) is 19.8 Å². The first-order valence-corrected chi connectivity index (χ1v) is 6.00. The van der Waals surface area contributed by atoms with E-state index >= 15 is 0 Å². The van der Waals surface area contributed by atoms with Gasteiger partial charge in [0, 0.05) is 25.5 Å². The molecule has 0 aliphatic rings. The van der Waals surface area contributed by atoms with Crippen molar-refractivity contribution in [3.05, 3.63) is 11.6 Å². The molecule has 0 bridgehead atoms. The summed E-state index contributed by atoms with van der Waals surface area (Å²) in [4.78, 5) is 22.1. The molecule has 1 aromatic carbocycles. The van der Waals surface area contributed by atoms with Crippen molar-refractivity contribution in [3.63, 3.8) is 0 Å². The molecule has 0 unspecified atom stereocenters. The summed E-state index contributed by atoms with van der Waals surface area (Å²) < 4.78 is 9.74. The molecule has 0 saturated carbocycles. The van der Waals surface area contributed by atoms with Gasteiger partial charge in [-0.25, -0.2) is 0 Å². The van der Waals surface area contributed by atoms with E-state index in [4.69, 9.17) is 9.47 Å². The minimum absolute atomic E-state index is 0.207. The number of hydrogen-bond acceptors (Lipinski definition) is 6. The molecule has 0 fully saturated rings. The highest BCUT2D eigenvalue weighted by Gasteiger charge is 2.29. The first kappa shape index (κ1) is 15.8. The van der Waals surface area contributed by atoms with Gasteiger partial charge in [-0.3, -0.25) is 9.59 Å². The lowest BCUT2D eigenvalue weighted by Gasteiger charge is -2.24. The third kappa shape index (κ3) is 3.40. The van der Waals surface area contributed by atoms with Gasteiger partial charge in [0.15, 0.2) is 11.5 Å². The van der Waals surface area contributed by atoms with Crippen LogP contribution < -0.4 is 9.47 Å². The zero-order valence-corrected chi connectivity index (χ0v) is 12.1. The number of benzene rings is 1. The highest BCUT2D eigenvalue weighted by molar-refractivity contribution is 5.76. The minimum atomic E-state index is -0.669. The summed E-state index contributed by atoms with van der Waals surface area (Å²) in [5, 5.41) is 20.2. The van der Waals surface area contributed by atoms with Crippen molar-refractivity contribution in [2.75, 3.05) is 0 Å². The summed E-state index contributed by atoms with van der Waals surface area (Å²) >= 11 is 0. The van der Waals surface area contributed by atoms with Gasteiger partial charge in [-0.15, -0.1) is 0 Å². The maximum atomic E-state index is 11.2. The molecule has 0 saturated heterocycles. The molecule has 110 valence electrons. The van der Waals surface area contributed by atoms with Crippen molar-refractivity contribution < 1.29 is 29.3 Å². The van der Waals surface area contributed by atoms with Gasteiger partial charge in [-0.2, -0.15) is 0 Å². The molecule has 20 heavy (non-hydrogen) atoms. The lowest BCUT2D eigenvalue weighted by Crippen LogP contribution is -2.16. The lowest BCUT2D eigenvalue weighted by molar-refractivity contribution is -0.132. The van der Waals surface area contributed by atoms with Crippen molar-refractivity contribution in [2.24, 2.45) is 0 Å². The van der Waals surface area contributed by atoms with Crippen molar-refractivity contribution >= 4 is 11.9 Å². The number of aromatic hydroxyl groups is 2. The van der Waals surface area contributed by atoms with Crippen LogP contribution in [0.25, 0.3) is 0 Å². The number of esters is 2. The average molecular weight is 282 g/mol. The Morgan fingerprint density at radius 2 is 1.55 bits per heavy atom. The van der Waals surface area contributed by atoms with Crippen LogP contribution in [0.4, 0.5) is 0 Å². The molecule has 0 heterocycles. The predicted octanol–water partition coefficient (Wildman–Crippen LogP) is 2.25. The molecular weight excluding hydrogens is 264 g/mol. The first-order chi connectivity index (χ1) is 9.04. The number of carbonyl (C=O) groups is 2.